The molecule has 0 fully saturated rings. The number of carbonyl (C=O) groups is 3. The van der Waals surface area contributed by atoms with Gasteiger partial charge in [0, 0.05) is 31.1 Å². The maximum absolute atomic E-state index is 11.6. The molecule has 0 saturated heterocycles. The maximum Gasteiger partial charge on any atom is 0.338 e. The van der Waals surface area contributed by atoms with Crippen LogP contribution in [-0.2, 0) is 14.4 Å². The van der Waals surface area contributed by atoms with Crippen molar-refractivity contribution in [2.75, 3.05) is 14.2 Å². The first-order valence-corrected chi connectivity index (χ1v) is 14.1. The zero-order chi connectivity index (χ0) is 27.7. The van der Waals surface area contributed by atoms with Crippen LogP contribution < -0.4 is 23.7 Å². The maximum atomic E-state index is 11.6. The molecule has 0 aliphatic carbocycles. The van der Waals surface area contributed by atoms with Gasteiger partial charge in [0.15, 0.2) is 17.2 Å². The third-order valence-electron chi connectivity index (χ3n) is 3.93. The van der Waals surface area contributed by atoms with Crippen molar-refractivity contribution in [3.8, 4) is 28.7 Å². The van der Waals surface area contributed by atoms with Crippen LogP contribution in [0.1, 0.15) is 26.3 Å². The van der Waals surface area contributed by atoms with Crippen molar-refractivity contribution in [2.24, 2.45) is 0 Å². The number of halogens is 4. The number of methoxy groups -OCH3 is 2. The van der Waals surface area contributed by atoms with Crippen LogP contribution in [0.15, 0.2) is 30.9 Å². The molecule has 2 aromatic carbocycles. The van der Waals surface area contributed by atoms with Gasteiger partial charge in [-0.2, -0.15) is 0 Å². The Labute approximate surface area is 264 Å². The lowest BCUT2D eigenvalue weighted by Crippen LogP contribution is -2.12. The van der Waals surface area contributed by atoms with Crippen LogP contribution in [0.4, 0.5) is 0 Å². The summed E-state index contributed by atoms with van der Waals surface area (Å²) in [5.41, 5.74) is 1.03. The van der Waals surface area contributed by atoms with E-state index in [1.807, 2.05) is 51.2 Å². The first-order valence-electron chi connectivity index (χ1n) is 9.77. The van der Waals surface area contributed by atoms with Crippen molar-refractivity contribution in [2.45, 2.75) is 20.8 Å². The highest BCUT2D eigenvalue weighted by molar-refractivity contribution is 14.1. The van der Waals surface area contributed by atoms with Gasteiger partial charge in [0.25, 0.3) is 0 Å². The van der Waals surface area contributed by atoms with Crippen LogP contribution in [0.25, 0.3) is 6.08 Å². The monoisotopic (exact) mass is 946 g/mol. The third kappa shape index (κ3) is 9.00. The topological polar surface area (TPSA) is 97.4 Å². The fourth-order valence-electron chi connectivity index (χ4n) is 2.44. The second-order valence-electron chi connectivity index (χ2n) is 6.72. The molecule has 0 aromatic heterocycles. The van der Waals surface area contributed by atoms with E-state index in [0.29, 0.717) is 20.8 Å². The van der Waals surface area contributed by atoms with Gasteiger partial charge >= 0.3 is 17.9 Å². The summed E-state index contributed by atoms with van der Waals surface area (Å²) in [7, 11) is 3.10. The van der Waals surface area contributed by atoms with E-state index in [-0.39, 0.29) is 23.0 Å². The molecule has 194 valence electrons. The van der Waals surface area contributed by atoms with Gasteiger partial charge in [-0.25, -0.2) is 4.79 Å². The summed E-state index contributed by atoms with van der Waals surface area (Å²) in [6.07, 6.45) is 1.65. The Kier molecular flexibility index (Phi) is 14.0. The number of hydrogen-bond donors (Lipinski definition) is 0. The fraction of sp³-hybridized carbons (Fsp3) is 0.208. The average Bonchev–Trinajstić information content (AvgIpc) is 2.78. The van der Waals surface area contributed by atoms with Crippen LogP contribution >= 0.6 is 90.4 Å². The van der Waals surface area contributed by atoms with Crippen LogP contribution in [0.2, 0.25) is 0 Å². The van der Waals surface area contributed by atoms with E-state index < -0.39 is 11.9 Å². The smallest absolute Gasteiger partial charge is 0.338 e. The largest absolute Gasteiger partial charge is 0.494 e. The number of benzene rings is 2. The summed E-state index contributed by atoms with van der Waals surface area (Å²) in [6, 6.07) is 3.44. The standard InChI is InChI=1S/C13H12I2O5.C11H10I2O3/c1-6(2)13(17)20-9-5-8(14)11(18-4)10(15)12(9)19-7(3)16;1-4-7-5-8(12)11(15-3)9(13)10(7)16-6(2)14/h5H,1H2,2-4H3;4-5H,1H2,2-3H3. The summed E-state index contributed by atoms with van der Waals surface area (Å²) in [6.45, 7) is 11.4. The molecule has 2 aromatic rings. The molecule has 36 heavy (non-hydrogen) atoms. The average molecular weight is 946 g/mol. The molecule has 0 bridgehead atoms. The quantitative estimate of drug-likeness (QED) is 0.130. The zero-order valence-corrected chi connectivity index (χ0v) is 28.6. The lowest BCUT2D eigenvalue weighted by atomic mass is 10.2. The zero-order valence-electron chi connectivity index (χ0n) is 19.9. The molecule has 0 saturated carbocycles. The normalized spacial score (nSPS) is 9.81. The number of carbonyl (C=O) groups excluding carboxylic acids is 3. The number of ether oxygens (including phenoxy) is 5. The van der Waals surface area contributed by atoms with Gasteiger partial charge in [0.2, 0.25) is 0 Å². The van der Waals surface area contributed by atoms with E-state index in [0.717, 1.165) is 16.3 Å². The van der Waals surface area contributed by atoms with Gasteiger partial charge in [0.1, 0.15) is 15.1 Å². The van der Waals surface area contributed by atoms with E-state index in [1.165, 1.54) is 27.9 Å². The van der Waals surface area contributed by atoms with Crippen molar-refractivity contribution < 1.29 is 38.1 Å². The molecule has 0 radical (unpaired) electrons. The predicted octanol–water partition coefficient (Wildman–Crippen LogP) is 6.78. The molecule has 0 amide bonds. The molecule has 0 atom stereocenters. The highest BCUT2D eigenvalue weighted by Crippen LogP contribution is 2.42. The minimum absolute atomic E-state index is 0.155. The fourth-order valence-corrected chi connectivity index (χ4v) is 6.89. The Bertz CT molecular complexity index is 1210. The van der Waals surface area contributed by atoms with Crippen LogP contribution in [-0.4, -0.2) is 32.1 Å². The van der Waals surface area contributed by atoms with E-state index in [9.17, 15) is 14.4 Å². The van der Waals surface area contributed by atoms with E-state index in [2.05, 4.69) is 58.3 Å². The van der Waals surface area contributed by atoms with Crippen LogP contribution in [0.5, 0.6) is 28.7 Å². The molecule has 8 nitrogen and oxygen atoms in total. The van der Waals surface area contributed by atoms with Crippen molar-refractivity contribution in [3.05, 3.63) is 50.7 Å². The Morgan fingerprint density at radius 3 is 1.61 bits per heavy atom. The van der Waals surface area contributed by atoms with E-state index in [1.54, 1.807) is 19.3 Å². The molecular weight excluding hydrogens is 924 g/mol. The van der Waals surface area contributed by atoms with Crippen molar-refractivity contribution in [1.82, 2.24) is 0 Å². The summed E-state index contributed by atoms with van der Waals surface area (Å²) in [5, 5.41) is 0. The van der Waals surface area contributed by atoms with Gasteiger partial charge in [-0.05, 0) is 103 Å². The molecule has 0 heterocycles. The van der Waals surface area contributed by atoms with E-state index in [4.69, 9.17) is 23.7 Å². The van der Waals surface area contributed by atoms with Crippen molar-refractivity contribution >= 4 is 114 Å². The second-order valence-corrected chi connectivity index (χ2v) is 11.2. The van der Waals surface area contributed by atoms with Crippen molar-refractivity contribution in [1.29, 1.82) is 0 Å². The third-order valence-corrected chi connectivity index (χ3v) is 7.49. The molecule has 0 aliphatic rings. The molecule has 0 spiro atoms. The Balaban J connectivity index is 0.000000369. The molecule has 0 unspecified atom stereocenters. The molecule has 0 aliphatic heterocycles. The number of esters is 3. The first kappa shape index (κ1) is 32.9. The summed E-state index contributed by atoms with van der Waals surface area (Å²) in [5.74, 6) is 0.618. The first-order chi connectivity index (χ1) is 16.8. The van der Waals surface area contributed by atoms with Gasteiger partial charge in [-0.3, -0.25) is 9.59 Å². The Hall–Kier alpha value is -1.15. The van der Waals surface area contributed by atoms with Crippen molar-refractivity contribution in [3.63, 3.8) is 0 Å². The lowest BCUT2D eigenvalue weighted by molar-refractivity contribution is -0.134. The Morgan fingerprint density at radius 2 is 1.19 bits per heavy atom. The van der Waals surface area contributed by atoms with Crippen LogP contribution in [0.3, 0.4) is 0 Å². The Morgan fingerprint density at radius 1 is 0.750 bits per heavy atom. The van der Waals surface area contributed by atoms with Gasteiger partial charge in [-0.1, -0.05) is 19.2 Å². The number of hydrogen-bond acceptors (Lipinski definition) is 8. The second kappa shape index (κ2) is 15.3. The highest BCUT2D eigenvalue weighted by atomic mass is 127. The van der Waals surface area contributed by atoms with Gasteiger partial charge < -0.3 is 23.7 Å². The summed E-state index contributed by atoms with van der Waals surface area (Å²) < 4.78 is 29.0. The van der Waals surface area contributed by atoms with Gasteiger partial charge in [0.05, 0.1) is 24.9 Å². The SMILES string of the molecule is C=C(C)C(=O)Oc1cc(I)c(OC)c(I)c1OC(C)=O.C=Cc1cc(I)c(OC)c(I)c1OC(C)=O. The molecule has 12 heteroatoms. The summed E-state index contributed by atoms with van der Waals surface area (Å²) >= 11 is 8.27. The number of rotatable bonds is 7. The molecule has 2 rings (SSSR count). The van der Waals surface area contributed by atoms with Gasteiger partial charge in [-0.15, -0.1) is 0 Å². The summed E-state index contributed by atoms with van der Waals surface area (Å²) in [4.78, 5) is 33.8. The minimum atomic E-state index is -0.588. The molecular formula is C24H22I4O8. The highest BCUT2D eigenvalue weighted by Gasteiger charge is 2.22. The lowest BCUT2D eigenvalue weighted by Gasteiger charge is -2.15. The molecule has 0 N–H and O–H groups in total. The van der Waals surface area contributed by atoms with E-state index >= 15 is 0 Å². The van der Waals surface area contributed by atoms with Crippen LogP contribution in [0, 0.1) is 14.3 Å². The minimum Gasteiger partial charge on any atom is -0.494 e. The predicted molar refractivity (Wildman–Crippen MR) is 170 cm³/mol.